The topological polar surface area (TPSA) is 67.9 Å². The number of aryl methyl sites for hydroxylation is 1. The normalized spacial score (nSPS) is 16.2. The molecule has 1 aliphatic rings. The third-order valence-corrected chi connectivity index (χ3v) is 6.40. The van der Waals surface area contributed by atoms with Gasteiger partial charge in [0.2, 0.25) is 5.91 Å². The van der Waals surface area contributed by atoms with E-state index in [9.17, 15) is 9.59 Å². The zero-order valence-corrected chi connectivity index (χ0v) is 18.5. The van der Waals surface area contributed by atoms with Gasteiger partial charge in [-0.15, -0.1) is 11.3 Å². The van der Waals surface area contributed by atoms with Gasteiger partial charge >= 0.3 is 0 Å². The number of carbonyl (C=O) groups excluding carboxylic acids is 2. The van der Waals surface area contributed by atoms with Crippen LogP contribution in [-0.2, 0) is 11.2 Å². The minimum Gasteiger partial charge on any atom is -0.493 e. The Bertz CT molecular complexity index is 838. The number of thiophene rings is 1. The average Bonchev–Trinajstić information content (AvgIpc) is 3.32. The standard InChI is InChI=1S/C23H30N2O4S/c1-28-19-11-9-17(16-20(19)29-2)8-10-18-6-3-4-14-25(18)22(26)12-13-24-23(27)21-7-5-15-30-21/h5,7,9,11,15-16,18H,3-4,6,8,10,12-14H2,1-2H3,(H,24,27). The molecule has 2 heterocycles. The Labute approximate surface area is 182 Å². The van der Waals surface area contributed by atoms with Crippen LogP contribution in [0.4, 0.5) is 0 Å². The number of piperidine rings is 1. The van der Waals surface area contributed by atoms with Gasteiger partial charge in [-0.25, -0.2) is 0 Å². The van der Waals surface area contributed by atoms with Gasteiger partial charge in [-0.05, 0) is 61.2 Å². The van der Waals surface area contributed by atoms with Crippen LogP contribution in [0.3, 0.4) is 0 Å². The third-order valence-electron chi connectivity index (χ3n) is 5.53. The lowest BCUT2D eigenvalue weighted by Gasteiger charge is -2.36. The largest absolute Gasteiger partial charge is 0.493 e. The van der Waals surface area contributed by atoms with Crippen molar-refractivity contribution in [2.45, 2.75) is 44.6 Å². The number of likely N-dealkylation sites (tertiary alicyclic amines) is 1. The summed E-state index contributed by atoms with van der Waals surface area (Å²) in [6, 6.07) is 9.86. The van der Waals surface area contributed by atoms with E-state index in [1.165, 1.54) is 16.9 Å². The highest BCUT2D eigenvalue weighted by molar-refractivity contribution is 7.12. The van der Waals surface area contributed by atoms with E-state index >= 15 is 0 Å². The molecule has 1 N–H and O–H groups in total. The van der Waals surface area contributed by atoms with Crippen molar-refractivity contribution in [2.75, 3.05) is 27.3 Å². The van der Waals surface area contributed by atoms with Crippen LogP contribution in [0.2, 0.25) is 0 Å². The number of benzene rings is 1. The predicted molar refractivity (Wildman–Crippen MR) is 118 cm³/mol. The molecule has 2 amide bonds. The molecule has 7 heteroatoms. The quantitative estimate of drug-likeness (QED) is 0.655. The maximum absolute atomic E-state index is 12.8. The summed E-state index contributed by atoms with van der Waals surface area (Å²) in [4.78, 5) is 27.5. The van der Waals surface area contributed by atoms with Gasteiger partial charge in [0.25, 0.3) is 5.91 Å². The van der Waals surface area contributed by atoms with Gasteiger partial charge in [0.1, 0.15) is 0 Å². The molecule has 1 aromatic carbocycles. The maximum atomic E-state index is 12.8. The summed E-state index contributed by atoms with van der Waals surface area (Å²) in [6.07, 6.45) is 5.35. The molecule has 1 saturated heterocycles. The van der Waals surface area contributed by atoms with Crippen LogP contribution in [-0.4, -0.2) is 50.1 Å². The van der Waals surface area contributed by atoms with Crippen molar-refractivity contribution >= 4 is 23.2 Å². The smallest absolute Gasteiger partial charge is 0.261 e. The Hall–Kier alpha value is -2.54. The number of hydrogen-bond donors (Lipinski definition) is 1. The molecule has 0 aliphatic carbocycles. The van der Waals surface area contributed by atoms with Gasteiger partial charge in [-0.1, -0.05) is 12.1 Å². The number of methoxy groups -OCH3 is 2. The molecule has 0 bridgehead atoms. The van der Waals surface area contributed by atoms with Crippen molar-refractivity contribution in [1.82, 2.24) is 10.2 Å². The molecular weight excluding hydrogens is 400 g/mol. The highest BCUT2D eigenvalue weighted by atomic mass is 32.1. The number of hydrogen-bond acceptors (Lipinski definition) is 5. The first kappa shape index (κ1) is 22.2. The SMILES string of the molecule is COc1ccc(CCC2CCCCN2C(=O)CCNC(=O)c2cccs2)cc1OC. The summed E-state index contributed by atoms with van der Waals surface area (Å²) < 4.78 is 10.7. The second-order valence-corrected chi connectivity index (χ2v) is 8.40. The number of ether oxygens (including phenoxy) is 2. The molecular formula is C23H30N2O4S. The molecule has 6 nitrogen and oxygen atoms in total. The second-order valence-electron chi connectivity index (χ2n) is 7.45. The number of carbonyl (C=O) groups is 2. The zero-order valence-electron chi connectivity index (χ0n) is 17.7. The molecule has 1 aliphatic heterocycles. The molecule has 1 unspecified atom stereocenters. The van der Waals surface area contributed by atoms with Crippen LogP contribution in [0, 0.1) is 0 Å². The molecule has 30 heavy (non-hydrogen) atoms. The monoisotopic (exact) mass is 430 g/mol. The molecule has 1 fully saturated rings. The molecule has 162 valence electrons. The van der Waals surface area contributed by atoms with E-state index in [-0.39, 0.29) is 17.9 Å². The van der Waals surface area contributed by atoms with Gasteiger partial charge in [0.15, 0.2) is 11.5 Å². The maximum Gasteiger partial charge on any atom is 0.261 e. The van der Waals surface area contributed by atoms with E-state index in [1.807, 2.05) is 28.5 Å². The van der Waals surface area contributed by atoms with E-state index < -0.39 is 0 Å². The summed E-state index contributed by atoms with van der Waals surface area (Å²) in [5.41, 5.74) is 1.17. The first-order valence-electron chi connectivity index (χ1n) is 10.4. The predicted octanol–water partition coefficient (Wildman–Crippen LogP) is 3.90. The molecule has 2 aromatic rings. The van der Waals surface area contributed by atoms with Crippen molar-refractivity contribution in [2.24, 2.45) is 0 Å². The van der Waals surface area contributed by atoms with E-state index in [0.29, 0.717) is 17.8 Å². The summed E-state index contributed by atoms with van der Waals surface area (Å²) in [6.45, 7) is 1.17. The minimum atomic E-state index is -0.110. The Kier molecular flexibility index (Phi) is 8.13. The molecule has 3 rings (SSSR count). The van der Waals surface area contributed by atoms with Gasteiger partial charge in [0, 0.05) is 25.6 Å². The Morgan fingerprint density at radius 2 is 2.00 bits per heavy atom. The number of rotatable bonds is 9. The lowest BCUT2D eigenvalue weighted by Crippen LogP contribution is -2.45. The van der Waals surface area contributed by atoms with Crippen molar-refractivity contribution in [3.8, 4) is 11.5 Å². The fourth-order valence-corrected chi connectivity index (χ4v) is 4.56. The first-order valence-corrected chi connectivity index (χ1v) is 11.3. The van der Waals surface area contributed by atoms with Crippen LogP contribution in [0.1, 0.15) is 47.3 Å². The van der Waals surface area contributed by atoms with Gasteiger partial charge < -0.3 is 19.7 Å². The van der Waals surface area contributed by atoms with E-state index in [1.54, 1.807) is 20.3 Å². The molecule has 1 aromatic heterocycles. The highest BCUT2D eigenvalue weighted by Gasteiger charge is 2.26. The van der Waals surface area contributed by atoms with E-state index in [4.69, 9.17) is 9.47 Å². The number of nitrogens with zero attached hydrogens (tertiary/aromatic N) is 1. The second kappa shape index (κ2) is 11.0. The summed E-state index contributed by atoms with van der Waals surface area (Å²) >= 11 is 1.40. The zero-order chi connectivity index (χ0) is 21.3. The average molecular weight is 431 g/mol. The lowest BCUT2D eigenvalue weighted by atomic mass is 9.95. The van der Waals surface area contributed by atoms with Crippen molar-refractivity contribution in [3.05, 3.63) is 46.2 Å². The summed E-state index contributed by atoms with van der Waals surface area (Å²) in [7, 11) is 3.27. The minimum absolute atomic E-state index is 0.110. The highest BCUT2D eigenvalue weighted by Crippen LogP contribution is 2.29. The summed E-state index contributed by atoms with van der Waals surface area (Å²) in [5.74, 6) is 1.47. The fraction of sp³-hybridized carbons (Fsp3) is 0.478. The van der Waals surface area contributed by atoms with Crippen molar-refractivity contribution in [1.29, 1.82) is 0 Å². The number of nitrogens with one attached hydrogen (secondary N) is 1. The van der Waals surface area contributed by atoms with E-state index in [0.717, 1.165) is 50.1 Å². The van der Waals surface area contributed by atoms with Crippen LogP contribution in [0.15, 0.2) is 35.7 Å². The van der Waals surface area contributed by atoms with E-state index in [2.05, 4.69) is 11.4 Å². The van der Waals surface area contributed by atoms with Crippen LogP contribution < -0.4 is 14.8 Å². The van der Waals surface area contributed by atoms with Gasteiger partial charge in [0.05, 0.1) is 19.1 Å². The Morgan fingerprint density at radius 1 is 1.17 bits per heavy atom. The van der Waals surface area contributed by atoms with Crippen molar-refractivity contribution in [3.63, 3.8) is 0 Å². The first-order chi connectivity index (χ1) is 14.6. The molecule has 0 saturated carbocycles. The number of amides is 2. The van der Waals surface area contributed by atoms with Crippen LogP contribution in [0.5, 0.6) is 11.5 Å². The molecule has 1 atom stereocenters. The molecule has 0 radical (unpaired) electrons. The fourth-order valence-electron chi connectivity index (χ4n) is 3.92. The van der Waals surface area contributed by atoms with Crippen LogP contribution >= 0.6 is 11.3 Å². The van der Waals surface area contributed by atoms with Gasteiger partial charge in [-0.3, -0.25) is 9.59 Å². The van der Waals surface area contributed by atoms with Crippen molar-refractivity contribution < 1.29 is 19.1 Å². The third kappa shape index (κ3) is 5.75. The Balaban J connectivity index is 1.51. The van der Waals surface area contributed by atoms with Crippen LogP contribution in [0.25, 0.3) is 0 Å². The molecule has 0 spiro atoms. The van der Waals surface area contributed by atoms with Gasteiger partial charge in [-0.2, -0.15) is 0 Å². The Morgan fingerprint density at radius 3 is 2.73 bits per heavy atom. The summed E-state index contributed by atoms with van der Waals surface area (Å²) in [5, 5.41) is 4.72. The lowest BCUT2D eigenvalue weighted by molar-refractivity contribution is -0.134.